The summed E-state index contributed by atoms with van der Waals surface area (Å²) >= 11 is 0. The number of Topliss-reactive ketones (excluding diaryl/α,β-unsaturated/α-hetero) is 1. The van der Waals surface area contributed by atoms with Gasteiger partial charge in [-0.25, -0.2) is 4.79 Å². The molecule has 4 aliphatic carbocycles. The molecule has 4 rings (SSSR count). The molecule has 0 saturated heterocycles. The Morgan fingerprint density at radius 3 is 2.41 bits per heavy atom. The predicted molar refractivity (Wildman–Crippen MR) is 138 cm³/mol. The Labute approximate surface area is 208 Å². The number of ketones is 1. The Hall–Kier alpha value is -1.38. The fraction of sp³-hybridized carbons (Fsp3) is 0.806. The molecule has 2 fully saturated rings. The van der Waals surface area contributed by atoms with Crippen molar-refractivity contribution in [1.82, 2.24) is 0 Å². The highest BCUT2D eigenvalue weighted by atomic mass is 16.5. The molecule has 3 nitrogen and oxygen atoms in total. The highest BCUT2D eigenvalue weighted by Crippen LogP contribution is 2.72. The molecule has 4 aliphatic rings. The maximum absolute atomic E-state index is 12.8. The highest BCUT2D eigenvalue weighted by Gasteiger charge is 2.63. The second kappa shape index (κ2) is 8.63. The van der Waals surface area contributed by atoms with E-state index >= 15 is 0 Å². The maximum Gasteiger partial charge on any atom is 0.333 e. The molecule has 0 bridgehead atoms. The van der Waals surface area contributed by atoms with Crippen molar-refractivity contribution in [2.24, 2.45) is 39.4 Å². The van der Waals surface area contributed by atoms with Crippen LogP contribution in [0, 0.1) is 39.4 Å². The number of fused-ring (bicyclic) bond motifs is 4. The van der Waals surface area contributed by atoms with Gasteiger partial charge in [-0.05, 0) is 98.7 Å². The standard InChI is InChI=1S/C31H48O3/c1-20(10-9-11-21(2)27(33)34-8)22-14-18-31(7)24-12-13-25-28(3,4)26(32)16-17-29(25,5)23(24)15-19-30(22,31)6/h11,20,22,25H,9-10,12-19H2,1-8H3/t20-,22+,25+,29-,30+,31-/m1/s1. The number of esters is 1. The Morgan fingerprint density at radius 1 is 1.03 bits per heavy atom. The smallest absolute Gasteiger partial charge is 0.333 e. The molecule has 0 aliphatic heterocycles. The van der Waals surface area contributed by atoms with Gasteiger partial charge in [0.15, 0.2) is 0 Å². The molecular formula is C31H48O3. The molecule has 0 aromatic carbocycles. The van der Waals surface area contributed by atoms with Gasteiger partial charge < -0.3 is 4.74 Å². The molecule has 0 unspecified atom stereocenters. The number of ether oxygens (including phenoxy) is 1. The van der Waals surface area contributed by atoms with Crippen LogP contribution < -0.4 is 0 Å². The van der Waals surface area contributed by atoms with Crippen molar-refractivity contribution in [1.29, 1.82) is 0 Å². The zero-order valence-corrected chi connectivity index (χ0v) is 23.1. The Balaban J connectivity index is 1.58. The molecule has 190 valence electrons. The number of carbonyl (C=O) groups excluding carboxylic acids is 2. The minimum absolute atomic E-state index is 0.185. The SMILES string of the molecule is COC(=O)C(C)=CCC[C@@H](C)[C@@H]1CC[C@]2(C)C3=C(CC[C@@]12C)[C@@]1(C)CCC(=O)C(C)(C)[C@@H]1CC3. The van der Waals surface area contributed by atoms with Crippen LogP contribution in [0.25, 0.3) is 0 Å². The van der Waals surface area contributed by atoms with Gasteiger partial charge in [0.05, 0.1) is 7.11 Å². The first-order chi connectivity index (χ1) is 15.8. The quantitative estimate of drug-likeness (QED) is 0.234. The summed E-state index contributed by atoms with van der Waals surface area (Å²) in [6.45, 7) is 16.5. The number of allylic oxidation sites excluding steroid dienone is 3. The zero-order valence-electron chi connectivity index (χ0n) is 23.1. The van der Waals surface area contributed by atoms with E-state index in [0.717, 1.165) is 37.2 Å². The monoisotopic (exact) mass is 468 g/mol. The zero-order chi connectivity index (χ0) is 25.1. The lowest BCUT2D eigenvalue weighted by molar-refractivity contribution is -0.139. The van der Waals surface area contributed by atoms with Crippen LogP contribution in [-0.2, 0) is 14.3 Å². The first-order valence-corrected chi connectivity index (χ1v) is 13.8. The molecule has 0 aromatic heterocycles. The summed E-state index contributed by atoms with van der Waals surface area (Å²) in [5.74, 6) is 2.14. The summed E-state index contributed by atoms with van der Waals surface area (Å²) in [5.41, 5.74) is 4.93. The van der Waals surface area contributed by atoms with Gasteiger partial charge in [-0.15, -0.1) is 0 Å². The van der Waals surface area contributed by atoms with E-state index in [2.05, 4.69) is 47.6 Å². The number of carbonyl (C=O) groups is 2. The molecule has 0 spiro atoms. The van der Waals surface area contributed by atoms with Gasteiger partial charge in [-0.3, -0.25) is 4.79 Å². The van der Waals surface area contributed by atoms with Gasteiger partial charge >= 0.3 is 5.97 Å². The molecule has 0 amide bonds. The van der Waals surface area contributed by atoms with Crippen molar-refractivity contribution in [2.45, 2.75) is 113 Å². The van der Waals surface area contributed by atoms with Crippen LogP contribution >= 0.6 is 0 Å². The molecule has 3 heteroatoms. The van der Waals surface area contributed by atoms with Crippen LogP contribution in [0.3, 0.4) is 0 Å². The van der Waals surface area contributed by atoms with Crippen molar-refractivity contribution in [3.8, 4) is 0 Å². The lowest BCUT2D eigenvalue weighted by atomic mass is 9.43. The summed E-state index contributed by atoms with van der Waals surface area (Å²) < 4.78 is 4.85. The molecule has 0 aromatic rings. The van der Waals surface area contributed by atoms with E-state index in [1.807, 2.05) is 6.92 Å². The fourth-order valence-corrected chi connectivity index (χ4v) is 9.45. The summed E-state index contributed by atoms with van der Waals surface area (Å²) in [6.07, 6.45) is 13.4. The highest BCUT2D eigenvalue weighted by molar-refractivity contribution is 5.87. The van der Waals surface area contributed by atoms with Crippen molar-refractivity contribution in [2.75, 3.05) is 7.11 Å². The van der Waals surface area contributed by atoms with Gasteiger partial charge in [0.1, 0.15) is 5.78 Å². The van der Waals surface area contributed by atoms with E-state index < -0.39 is 0 Å². The molecule has 0 heterocycles. The van der Waals surface area contributed by atoms with Gasteiger partial charge in [0, 0.05) is 17.4 Å². The lowest BCUT2D eigenvalue weighted by Crippen LogP contribution is -2.53. The predicted octanol–water partition coefficient (Wildman–Crippen LogP) is 7.84. The van der Waals surface area contributed by atoms with Gasteiger partial charge in [-0.1, -0.05) is 58.8 Å². The molecule has 34 heavy (non-hydrogen) atoms. The van der Waals surface area contributed by atoms with Gasteiger partial charge in [0.25, 0.3) is 0 Å². The van der Waals surface area contributed by atoms with E-state index in [1.54, 1.807) is 11.1 Å². The molecule has 0 N–H and O–H groups in total. The molecular weight excluding hydrogens is 420 g/mol. The van der Waals surface area contributed by atoms with E-state index in [4.69, 9.17) is 4.74 Å². The first-order valence-electron chi connectivity index (χ1n) is 13.8. The number of methoxy groups -OCH3 is 1. The largest absolute Gasteiger partial charge is 0.466 e. The molecule has 6 atom stereocenters. The maximum atomic E-state index is 12.8. The summed E-state index contributed by atoms with van der Waals surface area (Å²) in [6, 6.07) is 0. The number of hydrogen-bond acceptors (Lipinski definition) is 3. The van der Waals surface area contributed by atoms with E-state index in [0.29, 0.717) is 23.0 Å². The second-order valence-electron chi connectivity index (χ2n) is 13.4. The van der Waals surface area contributed by atoms with E-state index in [1.165, 1.54) is 45.6 Å². The first kappa shape index (κ1) is 25.7. The average molecular weight is 469 g/mol. The van der Waals surface area contributed by atoms with Crippen LogP contribution in [0.1, 0.15) is 113 Å². The lowest BCUT2D eigenvalue weighted by Gasteiger charge is -2.61. The Bertz CT molecular complexity index is 923. The van der Waals surface area contributed by atoms with Crippen LogP contribution in [0.4, 0.5) is 0 Å². The van der Waals surface area contributed by atoms with E-state index in [9.17, 15) is 9.59 Å². The summed E-state index contributed by atoms with van der Waals surface area (Å²) in [7, 11) is 1.45. The third-order valence-corrected chi connectivity index (χ3v) is 11.8. The van der Waals surface area contributed by atoms with Crippen LogP contribution in [0.2, 0.25) is 0 Å². The van der Waals surface area contributed by atoms with E-state index in [-0.39, 0.29) is 22.2 Å². The third-order valence-electron chi connectivity index (χ3n) is 11.8. The van der Waals surface area contributed by atoms with Gasteiger partial charge in [-0.2, -0.15) is 0 Å². The van der Waals surface area contributed by atoms with Crippen molar-refractivity contribution >= 4 is 11.8 Å². The second-order valence-corrected chi connectivity index (χ2v) is 13.4. The minimum atomic E-state index is -0.212. The van der Waals surface area contributed by atoms with Crippen LogP contribution in [0.5, 0.6) is 0 Å². The average Bonchev–Trinajstić information content (AvgIpc) is 3.07. The van der Waals surface area contributed by atoms with Crippen molar-refractivity contribution in [3.63, 3.8) is 0 Å². The topological polar surface area (TPSA) is 43.4 Å². The summed E-state index contributed by atoms with van der Waals surface area (Å²) in [5, 5.41) is 0. The van der Waals surface area contributed by atoms with Gasteiger partial charge in [0.2, 0.25) is 0 Å². The van der Waals surface area contributed by atoms with Crippen LogP contribution in [0.15, 0.2) is 22.8 Å². The molecule has 2 saturated carbocycles. The normalized spacial score (nSPS) is 40.4. The van der Waals surface area contributed by atoms with Crippen molar-refractivity contribution in [3.05, 3.63) is 22.8 Å². The number of rotatable bonds is 5. The van der Waals surface area contributed by atoms with Crippen LogP contribution in [-0.4, -0.2) is 18.9 Å². The number of hydrogen-bond donors (Lipinski definition) is 0. The Kier molecular flexibility index (Phi) is 6.52. The summed E-state index contributed by atoms with van der Waals surface area (Å²) in [4.78, 5) is 24.6. The fourth-order valence-electron chi connectivity index (χ4n) is 9.45. The minimum Gasteiger partial charge on any atom is -0.466 e. The van der Waals surface area contributed by atoms with Crippen molar-refractivity contribution < 1.29 is 14.3 Å². The Morgan fingerprint density at radius 2 is 1.74 bits per heavy atom. The third kappa shape index (κ3) is 3.58. The molecule has 0 radical (unpaired) electrons.